The summed E-state index contributed by atoms with van der Waals surface area (Å²) in [7, 11) is 0. The molecule has 0 aliphatic rings. The van der Waals surface area contributed by atoms with Crippen molar-refractivity contribution in [2.45, 2.75) is 0 Å². The van der Waals surface area contributed by atoms with Crippen LogP contribution in [0.4, 0.5) is 0 Å². The van der Waals surface area contributed by atoms with E-state index in [9.17, 15) is 0 Å². The van der Waals surface area contributed by atoms with Crippen LogP contribution in [0.25, 0.3) is 21.8 Å². The van der Waals surface area contributed by atoms with E-state index in [1.54, 1.807) is 6.20 Å². The maximum atomic E-state index is 6.05. The first-order valence-corrected chi connectivity index (χ1v) is 5.15. The van der Waals surface area contributed by atoms with Crippen molar-refractivity contribution < 1.29 is 4.98 Å². The molecule has 5 heteroatoms. The number of halogens is 2. The van der Waals surface area contributed by atoms with Gasteiger partial charge in [-0.2, -0.15) is 0 Å². The Hall–Kier alpha value is -1.32. The Morgan fingerprint density at radius 3 is 2.87 bits per heavy atom. The lowest BCUT2D eigenvalue weighted by Crippen LogP contribution is -2.08. The van der Waals surface area contributed by atoms with Gasteiger partial charge in [0.2, 0.25) is 5.15 Å². The monoisotopic (exact) mass is 238 g/mol. The van der Waals surface area contributed by atoms with Crippen LogP contribution in [0.1, 0.15) is 0 Å². The molecule has 0 bridgehead atoms. The van der Waals surface area contributed by atoms with Crippen LogP contribution in [0.5, 0.6) is 0 Å². The fourth-order valence-electron chi connectivity index (χ4n) is 1.70. The molecule has 3 aromatic rings. The highest BCUT2D eigenvalue weighted by molar-refractivity contribution is 6.35. The molecule has 0 aliphatic carbocycles. The number of hydrogen-bond donors (Lipinski definition) is 1. The van der Waals surface area contributed by atoms with E-state index in [1.807, 2.05) is 18.2 Å². The van der Waals surface area contributed by atoms with Crippen molar-refractivity contribution >= 4 is 45.0 Å². The highest BCUT2D eigenvalue weighted by atomic mass is 35.5. The number of fused-ring (bicyclic) bond motifs is 3. The number of benzene rings is 1. The molecule has 0 unspecified atom stereocenters. The average molecular weight is 239 g/mol. The number of aromatic amines is 2. The summed E-state index contributed by atoms with van der Waals surface area (Å²) in [6.07, 6.45) is 1.76. The SMILES string of the molecule is Clc1[nH]c(Cl)c2ccc3nccc3c2[nH+]1. The van der Waals surface area contributed by atoms with Gasteiger partial charge in [0.1, 0.15) is 5.52 Å². The largest absolute Gasteiger partial charge is 0.351 e. The Morgan fingerprint density at radius 1 is 1.13 bits per heavy atom. The molecule has 74 valence electrons. The van der Waals surface area contributed by atoms with E-state index >= 15 is 0 Å². The lowest BCUT2D eigenvalue weighted by molar-refractivity contribution is -0.345. The fourth-order valence-corrected chi connectivity index (χ4v) is 2.19. The Kier molecular flexibility index (Phi) is 1.84. The molecule has 0 saturated carbocycles. The van der Waals surface area contributed by atoms with Crippen molar-refractivity contribution in [1.29, 1.82) is 0 Å². The molecule has 2 heterocycles. The van der Waals surface area contributed by atoms with Crippen LogP contribution in [0.3, 0.4) is 0 Å². The number of nitrogens with zero attached hydrogens (tertiary/aromatic N) is 1. The lowest BCUT2D eigenvalue weighted by atomic mass is 10.2. The minimum Gasteiger partial charge on any atom is -0.256 e. The van der Waals surface area contributed by atoms with Crippen LogP contribution in [0.2, 0.25) is 10.4 Å². The Labute approximate surface area is 95.0 Å². The standard InChI is InChI=1S/C10H5Cl2N3/c11-9-6-1-2-7-5(3-4-13-7)8(6)14-10(12)15-9/h1-4H,(H,14,15)/p+1. The van der Waals surface area contributed by atoms with Crippen molar-refractivity contribution in [3.63, 3.8) is 0 Å². The summed E-state index contributed by atoms with van der Waals surface area (Å²) in [4.78, 5) is 10.1. The summed E-state index contributed by atoms with van der Waals surface area (Å²) in [5.41, 5.74) is 1.83. The molecule has 0 saturated heterocycles. The van der Waals surface area contributed by atoms with Crippen LogP contribution < -0.4 is 4.98 Å². The van der Waals surface area contributed by atoms with E-state index < -0.39 is 0 Å². The molecule has 0 atom stereocenters. The van der Waals surface area contributed by atoms with Gasteiger partial charge in [-0.05, 0) is 29.8 Å². The van der Waals surface area contributed by atoms with Crippen LogP contribution in [0.15, 0.2) is 24.4 Å². The van der Waals surface area contributed by atoms with Gasteiger partial charge in [0.05, 0.1) is 10.9 Å². The first kappa shape index (κ1) is 8.95. The molecule has 3 rings (SSSR count). The highest BCUT2D eigenvalue weighted by Crippen LogP contribution is 2.25. The number of nitrogens with one attached hydrogen (secondary N) is 2. The highest BCUT2D eigenvalue weighted by Gasteiger charge is 2.12. The summed E-state index contributed by atoms with van der Waals surface area (Å²) in [6, 6.07) is 5.77. The second-order valence-electron chi connectivity index (χ2n) is 3.24. The summed E-state index contributed by atoms with van der Waals surface area (Å²) >= 11 is 11.9. The lowest BCUT2D eigenvalue weighted by Gasteiger charge is -1.97. The molecule has 2 aromatic heterocycles. The second kappa shape index (κ2) is 3.08. The maximum Gasteiger partial charge on any atom is 0.351 e. The third kappa shape index (κ3) is 1.28. The van der Waals surface area contributed by atoms with Crippen molar-refractivity contribution in [2.75, 3.05) is 0 Å². The molecule has 0 spiro atoms. The van der Waals surface area contributed by atoms with Crippen LogP contribution in [-0.4, -0.2) is 9.97 Å². The van der Waals surface area contributed by atoms with E-state index in [1.165, 1.54) is 0 Å². The van der Waals surface area contributed by atoms with Gasteiger partial charge in [-0.15, -0.1) is 0 Å². The molecular formula is C10H6Cl2N3+. The van der Waals surface area contributed by atoms with Gasteiger partial charge in [0.25, 0.3) is 0 Å². The predicted octanol–water partition coefficient (Wildman–Crippen LogP) is 2.84. The Balaban J connectivity index is 2.61. The quantitative estimate of drug-likeness (QED) is 0.475. The topological polar surface area (TPSA) is 42.8 Å². The number of hydrogen-bond acceptors (Lipinski definition) is 1. The Morgan fingerprint density at radius 2 is 2.00 bits per heavy atom. The molecule has 2 N–H and O–H groups in total. The van der Waals surface area contributed by atoms with E-state index in [0.717, 1.165) is 21.8 Å². The molecule has 15 heavy (non-hydrogen) atoms. The smallest absolute Gasteiger partial charge is 0.256 e. The first-order valence-electron chi connectivity index (χ1n) is 4.39. The van der Waals surface area contributed by atoms with E-state index in [4.69, 9.17) is 23.2 Å². The van der Waals surface area contributed by atoms with Crippen molar-refractivity contribution in [3.05, 3.63) is 34.8 Å². The summed E-state index contributed by atoms with van der Waals surface area (Å²) in [5.74, 6) is 0. The van der Waals surface area contributed by atoms with Gasteiger partial charge < -0.3 is 0 Å². The zero-order valence-electron chi connectivity index (χ0n) is 7.51. The number of aromatic nitrogens is 3. The zero-order chi connectivity index (χ0) is 10.4. The molecule has 0 radical (unpaired) electrons. The number of H-pyrrole nitrogens is 2. The van der Waals surface area contributed by atoms with E-state index in [0.29, 0.717) is 10.4 Å². The van der Waals surface area contributed by atoms with Crippen LogP contribution in [0, 0.1) is 0 Å². The van der Waals surface area contributed by atoms with Gasteiger partial charge in [0.15, 0.2) is 0 Å². The fraction of sp³-hybridized carbons (Fsp3) is 0. The van der Waals surface area contributed by atoms with Gasteiger partial charge in [-0.25, -0.2) is 9.97 Å². The molecule has 0 fully saturated rings. The van der Waals surface area contributed by atoms with E-state index in [2.05, 4.69) is 15.0 Å². The zero-order valence-corrected chi connectivity index (χ0v) is 9.02. The third-order valence-electron chi connectivity index (χ3n) is 2.37. The summed E-state index contributed by atoms with van der Waals surface area (Å²) in [6.45, 7) is 0. The third-order valence-corrected chi connectivity index (χ3v) is 2.86. The molecule has 1 aromatic carbocycles. The summed E-state index contributed by atoms with van der Waals surface area (Å²) in [5, 5.41) is 2.85. The van der Waals surface area contributed by atoms with Crippen LogP contribution >= 0.6 is 23.2 Å². The van der Waals surface area contributed by atoms with Gasteiger partial charge in [-0.1, -0.05) is 0 Å². The average Bonchev–Trinajstić information content (AvgIpc) is 2.65. The van der Waals surface area contributed by atoms with Crippen LogP contribution in [-0.2, 0) is 0 Å². The molecule has 0 aliphatic heterocycles. The van der Waals surface area contributed by atoms with Crippen molar-refractivity contribution in [3.8, 4) is 0 Å². The normalized spacial score (nSPS) is 11.3. The minimum atomic E-state index is 0.404. The van der Waals surface area contributed by atoms with E-state index in [-0.39, 0.29) is 0 Å². The van der Waals surface area contributed by atoms with Crippen molar-refractivity contribution in [1.82, 2.24) is 9.97 Å². The molecular weight excluding hydrogens is 233 g/mol. The van der Waals surface area contributed by atoms with Gasteiger partial charge in [0, 0.05) is 23.2 Å². The van der Waals surface area contributed by atoms with Gasteiger partial charge in [-0.3, -0.25) is 4.98 Å². The van der Waals surface area contributed by atoms with Crippen molar-refractivity contribution in [2.24, 2.45) is 0 Å². The predicted molar refractivity (Wildman–Crippen MR) is 60.2 cm³/mol. The molecule has 0 amide bonds. The first-order chi connectivity index (χ1) is 7.25. The van der Waals surface area contributed by atoms with Gasteiger partial charge >= 0.3 is 5.28 Å². The minimum absolute atomic E-state index is 0.404. The maximum absolute atomic E-state index is 6.05. The second-order valence-corrected chi connectivity index (χ2v) is 4.00. The molecule has 3 nitrogen and oxygen atoms in total. The summed E-state index contributed by atoms with van der Waals surface area (Å²) < 4.78 is 0. The Bertz CT molecular complexity index is 660. The number of rotatable bonds is 0.